The molecule has 0 bridgehead atoms. The molecule has 0 radical (unpaired) electrons. The Kier molecular flexibility index (Phi) is 4.40. The van der Waals surface area contributed by atoms with Gasteiger partial charge < -0.3 is 10.6 Å². The maximum atomic E-state index is 12.9. The average molecular weight is 246 g/mol. The molecule has 2 N–H and O–H groups in total. The highest BCUT2D eigenvalue weighted by Gasteiger charge is 2.33. The van der Waals surface area contributed by atoms with Crippen LogP contribution in [0.4, 0.5) is 18.9 Å². The zero-order valence-corrected chi connectivity index (χ0v) is 10.0. The van der Waals surface area contributed by atoms with E-state index < -0.39 is 11.7 Å². The van der Waals surface area contributed by atoms with Crippen LogP contribution in [-0.4, -0.2) is 20.1 Å². The monoisotopic (exact) mass is 246 g/mol. The van der Waals surface area contributed by atoms with E-state index >= 15 is 0 Å². The number of nitrogens with zero attached hydrogens (tertiary/aromatic N) is 1. The van der Waals surface area contributed by atoms with Crippen molar-refractivity contribution in [3.8, 4) is 0 Å². The fourth-order valence-electron chi connectivity index (χ4n) is 1.62. The molecule has 96 valence electrons. The Hall–Kier alpha value is -1.23. The average Bonchev–Trinajstić information content (AvgIpc) is 2.27. The Morgan fingerprint density at radius 2 is 1.94 bits per heavy atom. The summed E-state index contributed by atoms with van der Waals surface area (Å²) in [4.78, 5) is 1.77. The van der Waals surface area contributed by atoms with Crippen molar-refractivity contribution in [2.45, 2.75) is 19.5 Å². The lowest BCUT2D eigenvalue weighted by Crippen LogP contribution is -2.18. The van der Waals surface area contributed by atoms with E-state index in [-0.39, 0.29) is 18.5 Å². The first kappa shape index (κ1) is 13.8. The van der Waals surface area contributed by atoms with E-state index in [0.717, 1.165) is 0 Å². The zero-order valence-electron chi connectivity index (χ0n) is 10.0. The van der Waals surface area contributed by atoms with Crippen LogP contribution < -0.4 is 10.6 Å². The number of halogens is 3. The Labute approximate surface area is 99.2 Å². The van der Waals surface area contributed by atoms with Crippen LogP contribution in [0.2, 0.25) is 0 Å². The maximum absolute atomic E-state index is 12.9. The molecule has 0 heterocycles. The molecule has 0 saturated carbocycles. The number of nitrogens with two attached hydrogens (primary N) is 1. The number of alkyl halides is 3. The van der Waals surface area contributed by atoms with E-state index in [2.05, 4.69) is 0 Å². The lowest BCUT2D eigenvalue weighted by Gasteiger charge is -2.20. The van der Waals surface area contributed by atoms with E-state index in [1.54, 1.807) is 18.0 Å². The second kappa shape index (κ2) is 5.40. The Bertz CT molecular complexity index is 375. The summed E-state index contributed by atoms with van der Waals surface area (Å²) >= 11 is 0. The van der Waals surface area contributed by atoms with Crippen LogP contribution in [0, 0.1) is 0 Å². The summed E-state index contributed by atoms with van der Waals surface area (Å²) in [6, 6.07) is 4.40. The van der Waals surface area contributed by atoms with E-state index in [0.29, 0.717) is 12.2 Å². The van der Waals surface area contributed by atoms with Crippen molar-refractivity contribution in [1.29, 1.82) is 0 Å². The molecule has 0 atom stereocenters. The minimum atomic E-state index is -4.32. The third-order valence-electron chi connectivity index (χ3n) is 2.73. The first-order valence-electron chi connectivity index (χ1n) is 5.51. The van der Waals surface area contributed by atoms with Gasteiger partial charge in [-0.15, -0.1) is 0 Å². The molecule has 5 heteroatoms. The molecule has 0 saturated heterocycles. The fourth-order valence-corrected chi connectivity index (χ4v) is 1.62. The molecule has 2 nitrogen and oxygen atoms in total. The number of anilines is 1. The number of hydrogen-bond donors (Lipinski definition) is 1. The van der Waals surface area contributed by atoms with Crippen molar-refractivity contribution >= 4 is 5.69 Å². The van der Waals surface area contributed by atoms with Gasteiger partial charge in [0.25, 0.3) is 0 Å². The normalized spacial score (nSPS) is 11.6. The molecule has 0 unspecified atom stereocenters. The van der Waals surface area contributed by atoms with Gasteiger partial charge in [-0.05, 0) is 37.6 Å². The van der Waals surface area contributed by atoms with Gasteiger partial charge in [-0.3, -0.25) is 0 Å². The number of hydrogen-bond acceptors (Lipinski definition) is 2. The Morgan fingerprint density at radius 1 is 1.29 bits per heavy atom. The quantitative estimate of drug-likeness (QED) is 0.885. The third kappa shape index (κ3) is 3.36. The van der Waals surface area contributed by atoms with Crippen molar-refractivity contribution in [2.75, 3.05) is 25.0 Å². The predicted octanol–water partition coefficient (Wildman–Crippen LogP) is 2.66. The maximum Gasteiger partial charge on any atom is 0.416 e. The standard InChI is InChI=1S/C12H17F3N2/c1-3-17(2)10-5-4-9(6-7-16)11(8-10)12(13,14)15/h4-5,8H,3,6-7,16H2,1-2H3. The van der Waals surface area contributed by atoms with Gasteiger partial charge in [-0.1, -0.05) is 6.07 Å². The molecular weight excluding hydrogens is 229 g/mol. The highest BCUT2D eigenvalue weighted by molar-refractivity contribution is 5.51. The van der Waals surface area contributed by atoms with Crippen molar-refractivity contribution in [2.24, 2.45) is 5.73 Å². The molecule has 0 amide bonds. The van der Waals surface area contributed by atoms with Crippen LogP contribution in [-0.2, 0) is 12.6 Å². The second-order valence-electron chi connectivity index (χ2n) is 3.89. The Balaban J connectivity index is 3.19. The molecule has 0 aromatic heterocycles. The van der Waals surface area contributed by atoms with Crippen LogP contribution in [0.1, 0.15) is 18.1 Å². The van der Waals surface area contributed by atoms with Gasteiger partial charge in [0.05, 0.1) is 5.56 Å². The van der Waals surface area contributed by atoms with Crippen LogP contribution in [0.15, 0.2) is 18.2 Å². The molecule has 1 aromatic rings. The van der Waals surface area contributed by atoms with Crippen molar-refractivity contribution < 1.29 is 13.2 Å². The first-order chi connectivity index (χ1) is 7.90. The van der Waals surface area contributed by atoms with Crippen molar-refractivity contribution in [3.05, 3.63) is 29.3 Å². The molecule has 0 fully saturated rings. The van der Waals surface area contributed by atoms with Gasteiger partial charge in [-0.25, -0.2) is 0 Å². The molecule has 17 heavy (non-hydrogen) atoms. The molecule has 0 spiro atoms. The van der Waals surface area contributed by atoms with Crippen LogP contribution >= 0.6 is 0 Å². The summed E-state index contributed by atoms with van der Waals surface area (Å²) in [7, 11) is 1.76. The lowest BCUT2D eigenvalue weighted by atomic mass is 10.0. The highest BCUT2D eigenvalue weighted by Crippen LogP contribution is 2.34. The first-order valence-corrected chi connectivity index (χ1v) is 5.51. The summed E-state index contributed by atoms with van der Waals surface area (Å²) in [5.41, 5.74) is 5.56. The summed E-state index contributed by atoms with van der Waals surface area (Å²) in [6.45, 7) is 2.76. The van der Waals surface area contributed by atoms with E-state index in [4.69, 9.17) is 5.73 Å². The Morgan fingerprint density at radius 3 is 2.41 bits per heavy atom. The van der Waals surface area contributed by atoms with Gasteiger partial charge in [0, 0.05) is 19.3 Å². The lowest BCUT2D eigenvalue weighted by molar-refractivity contribution is -0.138. The van der Waals surface area contributed by atoms with Gasteiger partial charge in [0.1, 0.15) is 0 Å². The van der Waals surface area contributed by atoms with Gasteiger partial charge in [-0.2, -0.15) is 13.2 Å². The molecule has 1 rings (SSSR count). The molecule has 1 aromatic carbocycles. The second-order valence-corrected chi connectivity index (χ2v) is 3.89. The number of rotatable bonds is 4. The van der Waals surface area contributed by atoms with Crippen LogP contribution in [0.5, 0.6) is 0 Å². The molecular formula is C12H17F3N2. The predicted molar refractivity (Wildman–Crippen MR) is 63.1 cm³/mol. The minimum absolute atomic E-state index is 0.214. The van der Waals surface area contributed by atoms with E-state index in [1.165, 1.54) is 12.1 Å². The van der Waals surface area contributed by atoms with Crippen molar-refractivity contribution in [3.63, 3.8) is 0 Å². The molecule has 0 aliphatic carbocycles. The van der Waals surface area contributed by atoms with E-state index in [1.807, 2.05) is 6.92 Å². The highest BCUT2D eigenvalue weighted by atomic mass is 19.4. The van der Waals surface area contributed by atoms with Gasteiger partial charge >= 0.3 is 6.18 Å². The van der Waals surface area contributed by atoms with Gasteiger partial charge in [0.2, 0.25) is 0 Å². The summed E-state index contributed by atoms with van der Waals surface area (Å²) in [5.74, 6) is 0. The van der Waals surface area contributed by atoms with E-state index in [9.17, 15) is 13.2 Å². The minimum Gasteiger partial charge on any atom is -0.375 e. The summed E-state index contributed by atoms with van der Waals surface area (Å²) in [6.07, 6.45) is -4.08. The SMILES string of the molecule is CCN(C)c1ccc(CCN)c(C(F)(F)F)c1. The zero-order chi connectivity index (χ0) is 13.1. The topological polar surface area (TPSA) is 29.3 Å². The molecule has 0 aliphatic rings. The largest absolute Gasteiger partial charge is 0.416 e. The molecule has 0 aliphatic heterocycles. The smallest absolute Gasteiger partial charge is 0.375 e. The number of benzene rings is 1. The van der Waals surface area contributed by atoms with Crippen LogP contribution in [0.25, 0.3) is 0 Å². The van der Waals surface area contributed by atoms with Gasteiger partial charge in [0.15, 0.2) is 0 Å². The van der Waals surface area contributed by atoms with Crippen molar-refractivity contribution in [1.82, 2.24) is 0 Å². The van der Waals surface area contributed by atoms with Crippen LogP contribution in [0.3, 0.4) is 0 Å². The summed E-state index contributed by atoms with van der Waals surface area (Å²) in [5, 5.41) is 0. The summed E-state index contributed by atoms with van der Waals surface area (Å²) < 4.78 is 38.6. The fraction of sp³-hybridized carbons (Fsp3) is 0.500. The third-order valence-corrected chi connectivity index (χ3v) is 2.73.